The number of alkyl halides is 4. The van der Waals surface area contributed by atoms with Crippen molar-refractivity contribution in [3.63, 3.8) is 0 Å². The number of aryl methyl sites for hydroxylation is 1. The van der Waals surface area contributed by atoms with E-state index >= 15 is 0 Å². The van der Waals surface area contributed by atoms with E-state index in [1.807, 2.05) is 0 Å². The summed E-state index contributed by atoms with van der Waals surface area (Å²) in [5.74, 6) is 6.33. The zero-order valence-corrected chi connectivity index (χ0v) is 20.5. The van der Waals surface area contributed by atoms with E-state index in [1.54, 1.807) is 7.05 Å². The van der Waals surface area contributed by atoms with Crippen LogP contribution in [-0.2, 0) is 13.6 Å². The maximum absolute atomic E-state index is 14.8. The van der Waals surface area contributed by atoms with Crippen LogP contribution in [0.3, 0.4) is 0 Å². The van der Waals surface area contributed by atoms with Crippen molar-refractivity contribution in [2.24, 2.45) is 7.05 Å². The lowest BCUT2D eigenvalue weighted by Gasteiger charge is -2.14. The highest BCUT2D eigenvalue weighted by Crippen LogP contribution is 2.27. The van der Waals surface area contributed by atoms with Gasteiger partial charge in [-0.05, 0) is 12.1 Å². The molecule has 0 spiro atoms. The molecule has 0 radical (unpaired) electrons. The summed E-state index contributed by atoms with van der Waals surface area (Å²) in [7, 11) is 1.63. The number of nitrogen functional groups attached to an aromatic ring is 1. The van der Waals surface area contributed by atoms with Gasteiger partial charge < -0.3 is 15.8 Å². The topological polar surface area (TPSA) is 122 Å². The Kier molecular flexibility index (Phi) is 7.96. The van der Waals surface area contributed by atoms with Crippen LogP contribution < -0.4 is 15.8 Å². The molecule has 0 aliphatic rings. The minimum absolute atomic E-state index is 0.143. The maximum atomic E-state index is 14.8. The Morgan fingerprint density at radius 2 is 2.00 bits per heavy atom. The lowest BCUT2D eigenvalue weighted by Crippen LogP contribution is -2.23. The molecule has 198 valence electrons. The van der Waals surface area contributed by atoms with Crippen LogP contribution in [-0.4, -0.2) is 60.0 Å². The molecule has 0 saturated carbocycles. The molecule has 0 fully saturated rings. The molecule has 0 aromatic carbocycles. The van der Waals surface area contributed by atoms with E-state index in [0.717, 1.165) is 4.68 Å². The first-order valence-electron chi connectivity index (χ1n) is 11.0. The van der Waals surface area contributed by atoms with Gasteiger partial charge in [0.05, 0.1) is 29.2 Å². The molecule has 15 heteroatoms. The number of halogens is 5. The minimum Gasteiger partial charge on any atom is -0.474 e. The average molecular weight is 550 g/mol. The van der Waals surface area contributed by atoms with Gasteiger partial charge in [0.15, 0.2) is 12.0 Å². The number of nitrogens with one attached hydrogen (secondary N) is 1. The highest BCUT2D eigenvalue weighted by atomic mass is 35.5. The number of ether oxygens (including phenoxy) is 1. The second-order valence-electron chi connectivity index (χ2n) is 7.93. The fraction of sp³-hybridized carbons (Fsp3) is 0.261. The van der Waals surface area contributed by atoms with Gasteiger partial charge in [-0.2, -0.15) is 23.4 Å². The van der Waals surface area contributed by atoms with Crippen LogP contribution in [0.1, 0.15) is 11.1 Å². The molecule has 0 aliphatic heterocycles. The van der Waals surface area contributed by atoms with Crippen molar-refractivity contribution in [3.8, 4) is 29.1 Å². The molecular weight excluding hydrogens is 530 g/mol. The number of nitrogens with two attached hydrogens (primary N) is 1. The normalized spacial score (nSPS) is 12.1. The van der Waals surface area contributed by atoms with Crippen molar-refractivity contribution in [1.82, 2.24) is 34.5 Å². The van der Waals surface area contributed by atoms with Crippen LogP contribution >= 0.6 is 11.6 Å². The molecule has 1 atom stereocenters. The molecule has 0 unspecified atom stereocenters. The molecule has 4 rings (SSSR count). The average Bonchev–Trinajstić information content (AvgIpc) is 3.45. The van der Waals surface area contributed by atoms with E-state index in [-0.39, 0.29) is 35.6 Å². The third kappa shape index (κ3) is 7.10. The van der Waals surface area contributed by atoms with Crippen LogP contribution in [0.5, 0.6) is 5.88 Å². The molecule has 0 saturated heterocycles. The Labute approximate surface area is 218 Å². The van der Waals surface area contributed by atoms with Crippen molar-refractivity contribution < 1.29 is 22.3 Å². The van der Waals surface area contributed by atoms with E-state index < -0.39 is 18.9 Å². The van der Waals surface area contributed by atoms with Crippen molar-refractivity contribution >= 4 is 23.1 Å². The van der Waals surface area contributed by atoms with E-state index in [2.05, 4.69) is 42.3 Å². The molecule has 0 amide bonds. The molecule has 3 N–H and O–H groups in total. The predicted molar refractivity (Wildman–Crippen MR) is 131 cm³/mol. The van der Waals surface area contributed by atoms with E-state index in [0.29, 0.717) is 22.6 Å². The van der Waals surface area contributed by atoms with E-state index in [4.69, 9.17) is 22.1 Å². The number of hydrogen-bond acceptors (Lipinski definition) is 8. The summed E-state index contributed by atoms with van der Waals surface area (Å²) in [6, 6.07) is 3.00. The number of rotatable bonds is 8. The van der Waals surface area contributed by atoms with Gasteiger partial charge in [0, 0.05) is 32.2 Å². The van der Waals surface area contributed by atoms with E-state index in [1.165, 1.54) is 47.8 Å². The third-order valence-corrected chi connectivity index (χ3v) is 5.11. The van der Waals surface area contributed by atoms with Gasteiger partial charge >= 0.3 is 6.18 Å². The smallest absolute Gasteiger partial charge is 0.408 e. The van der Waals surface area contributed by atoms with Crippen LogP contribution in [0, 0.1) is 11.8 Å². The maximum Gasteiger partial charge on any atom is 0.408 e. The first-order valence-corrected chi connectivity index (χ1v) is 11.3. The summed E-state index contributed by atoms with van der Waals surface area (Å²) in [5.41, 5.74) is 7.18. The lowest BCUT2D eigenvalue weighted by atomic mass is 10.2. The Balaban J connectivity index is 1.40. The summed E-state index contributed by atoms with van der Waals surface area (Å²) in [6.45, 7) is -1.71. The predicted octanol–water partition coefficient (Wildman–Crippen LogP) is 3.50. The van der Waals surface area contributed by atoms with Crippen LogP contribution in [0.15, 0.2) is 43.1 Å². The van der Waals surface area contributed by atoms with Gasteiger partial charge in [0.25, 0.3) is 0 Å². The van der Waals surface area contributed by atoms with Gasteiger partial charge in [0.1, 0.15) is 29.7 Å². The van der Waals surface area contributed by atoms with Gasteiger partial charge in [-0.15, -0.1) is 0 Å². The second-order valence-corrected chi connectivity index (χ2v) is 8.31. The minimum atomic E-state index is -4.40. The van der Waals surface area contributed by atoms with E-state index in [9.17, 15) is 17.6 Å². The standard InChI is InChI=1S/C23H20ClF4N9O/c1-36-22(17(10-33-36)21-30-5-4-20(29)35-21)38-12-16(25)9-31-18-6-19(24)32-8-15(18)3-2-14-7-34-37(11-14)13-23(26,27)28/h4-8,10-11,16H,9,12-13H2,1H3,(H,31,32)(H2,29,30,35)/t16-/m1/s1. The molecule has 0 bridgehead atoms. The van der Waals surface area contributed by atoms with Crippen LogP contribution in [0.2, 0.25) is 5.15 Å². The van der Waals surface area contributed by atoms with Crippen molar-refractivity contribution in [3.05, 3.63) is 59.4 Å². The Bertz CT molecular complexity index is 1480. The van der Waals surface area contributed by atoms with Crippen LogP contribution in [0.4, 0.5) is 29.1 Å². The summed E-state index contributed by atoms with van der Waals surface area (Å²) in [6.07, 6.45) is 0.876. The van der Waals surface area contributed by atoms with Crippen molar-refractivity contribution in [2.45, 2.75) is 18.9 Å². The van der Waals surface area contributed by atoms with Gasteiger partial charge in [-0.3, -0.25) is 4.68 Å². The third-order valence-electron chi connectivity index (χ3n) is 4.90. The number of aromatic nitrogens is 7. The molecule has 4 aromatic rings. The molecule has 4 aromatic heterocycles. The number of nitrogens with zero attached hydrogens (tertiary/aromatic N) is 7. The zero-order valence-electron chi connectivity index (χ0n) is 19.7. The van der Waals surface area contributed by atoms with Crippen LogP contribution in [0.25, 0.3) is 11.4 Å². The van der Waals surface area contributed by atoms with Crippen molar-refractivity contribution in [2.75, 3.05) is 24.2 Å². The second kappa shape index (κ2) is 11.3. The SMILES string of the molecule is Cn1ncc(-c2nccc(N)n2)c1OC[C@H](F)CNc1cc(Cl)ncc1C#Cc1cnn(CC(F)(F)F)c1. The van der Waals surface area contributed by atoms with Gasteiger partial charge in [-0.25, -0.2) is 24.0 Å². The molecule has 0 aliphatic carbocycles. The van der Waals surface area contributed by atoms with Crippen molar-refractivity contribution in [1.29, 1.82) is 0 Å². The number of anilines is 2. The lowest BCUT2D eigenvalue weighted by molar-refractivity contribution is -0.142. The molecular formula is C23H20ClF4N9O. The highest BCUT2D eigenvalue weighted by molar-refractivity contribution is 6.29. The zero-order chi connectivity index (χ0) is 27.3. The number of hydrogen-bond donors (Lipinski definition) is 2. The summed E-state index contributed by atoms with van der Waals surface area (Å²) in [4.78, 5) is 12.2. The first-order chi connectivity index (χ1) is 18.1. The Morgan fingerprint density at radius 1 is 1.18 bits per heavy atom. The highest BCUT2D eigenvalue weighted by Gasteiger charge is 2.28. The fourth-order valence-electron chi connectivity index (χ4n) is 3.22. The number of pyridine rings is 1. The fourth-order valence-corrected chi connectivity index (χ4v) is 3.37. The summed E-state index contributed by atoms with van der Waals surface area (Å²) < 4.78 is 60.2. The monoisotopic (exact) mass is 549 g/mol. The van der Waals surface area contributed by atoms with Gasteiger partial charge in [-0.1, -0.05) is 23.4 Å². The Morgan fingerprint density at radius 3 is 2.76 bits per heavy atom. The van der Waals surface area contributed by atoms with Gasteiger partial charge in [0.2, 0.25) is 5.88 Å². The summed E-state index contributed by atoms with van der Waals surface area (Å²) >= 11 is 5.98. The first kappa shape index (κ1) is 26.7. The summed E-state index contributed by atoms with van der Waals surface area (Å²) in [5, 5.41) is 10.8. The molecule has 4 heterocycles. The molecule has 38 heavy (non-hydrogen) atoms. The molecule has 10 nitrogen and oxygen atoms in total. The quantitative estimate of drug-likeness (QED) is 0.195. The Hall–Kier alpha value is -4.38. The largest absolute Gasteiger partial charge is 0.474 e.